The number of rotatable bonds is 6. The number of hydrogen-bond donors (Lipinski definition) is 0. The minimum Gasteiger partial charge on any atom is -0.339 e. The molecule has 0 bridgehead atoms. The molecule has 3 rings (SSSR count). The second-order valence-electron chi connectivity index (χ2n) is 6.48. The van der Waals surface area contributed by atoms with E-state index in [1.165, 1.54) is 33.9 Å². The van der Waals surface area contributed by atoms with Gasteiger partial charge in [-0.3, -0.25) is 18.8 Å². The van der Waals surface area contributed by atoms with Crippen molar-refractivity contribution in [3.8, 4) is 0 Å². The Morgan fingerprint density at radius 1 is 1.30 bits per heavy atom. The lowest BCUT2D eigenvalue weighted by Crippen LogP contribution is -2.32. The molecule has 0 aliphatic rings. The van der Waals surface area contributed by atoms with Crippen molar-refractivity contribution < 1.29 is 9.18 Å². The number of fused-ring (bicyclic) bond motifs is 1. The first-order chi connectivity index (χ1) is 12.9. The molecule has 0 saturated heterocycles. The van der Waals surface area contributed by atoms with Gasteiger partial charge in [0.1, 0.15) is 11.2 Å². The van der Waals surface area contributed by atoms with Gasteiger partial charge in [-0.2, -0.15) is 5.10 Å². The molecule has 0 saturated carbocycles. The molecule has 0 aliphatic heterocycles. The van der Waals surface area contributed by atoms with Gasteiger partial charge in [-0.15, -0.1) is 0 Å². The van der Waals surface area contributed by atoms with Crippen LogP contribution in [0.3, 0.4) is 0 Å². The monoisotopic (exact) mass is 371 g/mol. The number of benzene rings is 1. The molecule has 0 N–H and O–H groups in total. The lowest BCUT2D eigenvalue weighted by atomic mass is 10.0. The van der Waals surface area contributed by atoms with Crippen LogP contribution in [0.4, 0.5) is 4.39 Å². The summed E-state index contributed by atoms with van der Waals surface area (Å²) >= 11 is 0. The number of carbonyl (C=O) groups excluding carboxylic acids is 1. The highest BCUT2D eigenvalue weighted by Crippen LogP contribution is 2.23. The van der Waals surface area contributed by atoms with Crippen LogP contribution in [0.25, 0.3) is 11.0 Å². The van der Waals surface area contributed by atoms with Crippen molar-refractivity contribution in [3.63, 3.8) is 0 Å². The molecular weight excluding hydrogens is 349 g/mol. The number of nitrogens with zero attached hydrogens (tertiary/aromatic N) is 5. The van der Waals surface area contributed by atoms with Crippen LogP contribution in [0, 0.1) is 5.82 Å². The number of carbonyl (C=O) groups is 1. The highest BCUT2D eigenvalue weighted by molar-refractivity contribution is 5.76. The minimum atomic E-state index is -0.305. The molecule has 27 heavy (non-hydrogen) atoms. The van der Waals surface area contributed by atoms with Crippen LogP contribution in [0.2, 0.25) is 0 Å². The number of amides is 1. The van der Waals surface area contributed by atoms with Gasteiger partial charge in [0.25, 0.3) is 5.56 Å². The molecule has 8 heteroatoms. The zero-order valence-electron chi connectivity index (χ0n) is 15.6. The first-order valence-corrected chi connectivity index (χ1v) is 8.80. The molecule has 7 nitrogen and oxygen atoms in total. The standard InChI is InChI=1S/C19H22FN5O2/c1-4-16(13-5-7-14(20)8-6-13)23(2)17(26)9-10-25-12-21-18-15(19(25)27)11-22-24(18)3/h5-8,11-12,16H,4,9-10H2,1-3H3. The van der Waals surface area contributed by atoms with Crippen LogP contribution in [-0.2, 0) is 18.4 Å². The molecule has 1 atom stereocenters. The van der Waals surface area contributed by atoms with Crippen molar-refractivity contribution in [1.29, 1.82) is 0 Å². The summed E-state index contributed by atoms with van der Waals surface area (Å²) in [5.41, 5.74) is 1.18. The molecule has 3 aromatic rings. The summed E-state index contributed by atoms with van der Waals surface area (Å²) in [7, 11) is 3.45. The maximum Gasteiger partial charge on any atom is 0.264 e. The predicted molar refractivity (Wildman–Crippen MR) is 99.6 cm³/mol. The normalized spacial score (nSPS) is 12.3. The Morgan fingerprint density at radius 2 is 2.00 bits per heavy atom. The molecule has 0 aliphatic carbocycles. The van der Waals surface area contributed by atoms with Gasteiger partial charge in [-0.05, 0) is 24.1 Å². The van der Waals surface area contributed by atoms with Gasteiger partial charge < -0.3 is 4.90 Å². The van der Waals surface area contributed by atoms with Crippen molar-refractivity contribution in [1.82, 2.24) is 24.2 Å². The Labute approximate surface area is 156 Å². The van der Waals surface area contributed by atoms with Gasteiger partial charge in [0.15, 0.2) is 5.65 Å². The summed E-state index contributed by atoms with van der Waals surface area (Å²) < 4.78 is 16.1. The minimum absolute atomic E-state index is 0.0932. The summed E-state index contributed by atoms with van der Waals surface area (Å²) in [5.74, 6) is -0.399. The largest absolute Gasteiger partial charge is 0.339 e. The van der Waals surface area contributed by atoms with Gasteiger partial charge in [0.05, 0.1) is 18.6 Å². The molecular formula is C19H22FN5O2. The average molecular weight is 371 g/mol. The lowest BCUT2D eigenvalue weighted by Gasteiger charge is -2.28. The summed E-state index contributed by atoms with van der Waals surface area (Å²) in [5, 5.41) is 4.46. The molecule has 142 valence electrons. The smallest absolute Gasteiger partial charge is 0.264 e. The van der Waals surface area contributed by atoms with Crippen molar-refractivity contribution in [2.75, 3.05) is 7.05 Å². The number of halogens is 1. The number of hydrogen-bond acceptors (Lipinski definition) is 4. The molecule has 0 spiro atoms. The fourth-order valence-corrected chi connectivity index (χ4v) is 3.21. The van der Waals surface area contributed by atoms with Gasteiger partial charge in [-0.25, -0.2) is 9.37 Å². The predicted octanol–water partition coefficient (Wildman–Crippen LogP) is 2.27. The highest BCUT2D eigenvalue weighted by Gasteiger charge is 2.20. The van der Waals surface area contributed by atoms with Gasteiger partial charge in [-0.1, -0.05) is 19.1 Å². The van der Waals surface area contributed by atoms with E-state index in [-0.39, 0.29) is 36.3 Å². The zero-order chi connectivity index (χ0) is 19.6. The Hall–Kier alpha value is -3.03. The van der Waals surface area contributed by atoms with Crippen molar-refractivity contribution >= 4 is 16.9 Å². The average Bonchev–Trinajstić information content (AvgIpc) is 3.04. The summed E-state index contributed by atoms with van der Waals surface area (Å²) in [6.45, 7) is 2.21. The van der Waals surface area contributed by atoms with E-state index in [0.717, 1.165) is 5.56 Å². The van der Waals surface area contributed by atoms with E-state index < -0.39 is 0 Å². The van der Waals surface area contributed by atoms with Crippen molar-refractivity contribution in [2.24, 2.45) is 7.05 Å². The second-order valence-corrected chi connectivity index (χ2v) is 6.48. The van der Waals surface area contributed by atoms with E-state index in [0.29, 0.717) is 17.5 Å². The fraction of sp³-hybridized carbons (Fsp3) is 0.368. The topological polar surface area (TPSA) is 73.0 Å². The molecule has 1 aromatic carbocycles. The molecule has 1 amide bonds. The van der Waals surface area contributed by atoms with Crippen LogP contribution in [0.5, 0.6) is 0 Å². The third kappa shape index (κ3) is 3.74. The van der Waals surface area contributed by atoms with Crippen LogP contribution in [0.15, 0.2) is 41.6 Å². The number of aryl methyl sites for hydroxylation is 2. The lowest BCUT2D eigenvalue weighted by molar-refractivity contribution is -0.132. The molecule has 0 fully saturated rings. The van der Waals surface area contributed by atoms with Crippen LogP contribution in [0.1, 0.15) is 31.4 Å². The molecule has 0 radical (unpaired) electrons. The zero-order valence-corrected chi connectivity index (χ0v) is 15.6. The van der Waals surface area contributed by atoms with E-state index in [2.05, 4.69) is 10.1 Å². The molecule has 1 unspecified atom stereocenters. The first-order valence-electron chi connectivity index (χ1n) is 8.80. The Kier molecular flexibility index (Phi) is 5.34. The SMILES string of the molecule is CCC(c1ccc(F)cc1)N(C)C(=O)CCn1cnc2c(cnn2C)c1=O. The maximum atomic E-state index is 13.1. The van der Waals surface area contributed by atoms with E-state index in [1.54, 1.807) is 31.1 Å². The van der Waals surface area contributed by atoms with Crippen molar-refractivity contribution in [2.45, 2.75) is 32.4 Å². The Balaban J connectivity index is 1.72. The third-order valence-corrected chi connectivity index (χ3v) is 4.79. The van der Waals surface area contributed by atoms with E-state index in [4.69, 9.17) is 0 Å². The van der Waals surface area contributed by atoms with Crippen LogP contribution < -0.4 is 5.56 Å². The molecule has 2 heterocycles. The Morgan fingerprint density at radius 3 is 2.67 bits per heavy atom. The van der Waals surface area contributed by atoms with Gasteiger partial charge in [0, 0.05) is 27.1 Å². The summed E-state index contributed by atoms with van der Waals surface area (Å²) in [6.07, 6.45) is 3.80. The van der Waals surface area contributed by atoms with Crippen LogP contribution >= 0.6 is 0 Å². The van der Waals surface area contributed by atoms with E-state index in [9.17, 15) is 14.0 Å². The van der Waals surface area contributed by atoms with Crippen LogP contribution in [-0.4, -0.2) is 37.2 Å². The first kappa shape index (κ1) is 18.8. The Bertz CT molecular complexity index is 1010. The van der Waals surface area contributed by atoms with Gasteiger partial charge >= 0.3 is 0 Å². The van der Waals surface area contributed by atoms with Crippen molar-refractivity contribution in [3.05, 3.63) is 58.5 Å². The molecule has 2 aromatic heterocycles. The number of aromatic nitrogens is 4. The maximum absolute atomic E-state index is 13.1. The van der Waals surface area contributed by atoms with E-state index >= 15 is 0 Å². The summed E-state index contributed by atoms with van der Waals surface area (Å²) in [6, 6.07) is 6.03. The summed E-state index contributed by atoms with van der Waals surface area (Å²) in [4.78, 5) is 31.0. The van der Waals surface area contributed by atoms with E-state index in [1.807, 2.05) is 6.92 Å². The van der Waals surface area contributed by atoms with Gasteiger partial charge in [0.2, 0.25) is 5.91 Å². The third-order valence-electron chi connectivity index (χ3n) is 4.79. The second kappa shape index (κ2) is 7.69. The fourth-order valence-electron chi connectivity index (χ4n) is 3.21. The highest BCUT2D eigenvalue weighted by atomic mass is 19.1. The quantitative estimate of drug-likeness (QED) is 0.666.